The Hall–Kier alpha value is -0.800. The summed E-state index contributed by atoms with van der Waals surface area (Å²) < 4.78 is 3.94. The van der Waals surface area contributed by atoms with Crippen LogP contribution in [0.2, 0.25) is 0 Å². The van der Waals surface area contributed by atoms with Crippen molar-refractivity contribution in [2.75, 3.05) is 0 Å². The van der Waals surface area contributed by atoms with Crippen LogP contribution in [0.25, 0.3) is 0 Å². The van der Waals surface area contributed by atoms with Crippen LogP contribution in [0, 0.1) is 0 Å². The van der Waals surface area contributed by atoms with E-state index in [1.54, 1.807) is 0 Å². The molecule has 1 aliphatic rings. The van der Waals surface area contributed by atoms with Crippen LogP contribution in [-0.4, -0.2) is 5.71 Å². The Morgan fingerprint density at radius 1 is 1.40 bits per heavy atom. The number of allylic oxidation sites excluding steroid dienone is 5. The minimum Gasteiger partial charge on any atom is -0.258 e. The first-order valence-corrected chi connectivity index (χ1v) is 3.66. The van der Waals surface area contributed by atoms with Gasteiger partial charge in [0.05, 0.1) is 17.8 Å². The van der Waals surface area contributed by atoms with Crippen LogP contribution in [0.5, 0.6) is 0 Å². The van der Waals surface area contributed by atoms with E-state index in [1.807, 2.05) is 24.3 Å². The monoisotopic (exact) mass is 152 g/mol. The molecule has 1 rings (SSSR count). The highest BCUT2D eigenvalue weighted by Gasteiger charge is 1.98. The third kappa shape index (κ3) is 1.59. The lowest BCUT2D eigenvalue weighted by molar-refractivity contribution is 1.70. The quantitative estimate of drug-likeness (QED) is 0.580. The second-order valence-electron chi connectivity index (χ2n) is 1.83. The summed E-state index contributed by atoms with van der Waals surface area (Å²) in [4.78, 5) is 0. The van der Waals surface area contributed by atoms with E-state index in [9.17, 15) is 0 Å². The normalized spacial score (nSPS) is 20.5. The molecule has 0 fully saturated rings. The second kappa shape index (κ2) is 3.39. The van der Waals surface area contributed by atoms with Gasteiger partial charge >= 0.3 is 0 Å². The van der Waals surface area contributed by atoms with Gasteiger partial charge in [-0.15, -0.1) is 0 Å². The molecule has 0 unspecified atom stereocenters. The largest absolute Gasteiger partial charge is 0.258 e. The van der Waals surface area contributed by atoms with Crippen molar-refractivity contribution >= 4 is 17.8 Å². The lowest BCUT2D eigenvalue weighted by Gasteiger charge is -2.01. The minimum absolute atomic E-state index is 0.843. The average molecular weight is 152 g/mol. The first kappa shape index (κ1) is 7.31. The highest BCUT2D eigenvalue weighted by atomic mass is 32.2. The summed E-state index contributed by atoms with van der Waals surface area (Å²) in [5.74, 6) is 0. The van der Waals surface area contributed by atoms with E-state index in [4.69, 9.17) is 5.14 Å². The van der Waals surface area contributed by atoms with Crippen molar-refractivity contribution < 1.29 is 0 Å². The van der Waals surface area contributed by atoms with Crippen molar-refractivity contribution in [3.05, 3.63) is 36.5 Å². The lowest BCUT2D eigenvalue weighted by atomic mass is 10.1. The minimum atomic E-state index is 0.843. The van der Waals surface area contributed by atoms with Crippen LogP contribution in [0.15, 0.2) is 40.9 Å². The molecule has 0 saturated heterocycles. The zero-order chi connectivity index (χ0) is 7.40. The molecule has 0 aliphatic heterocycles. The van der Waals surface area contributed by atoms with Gasteiger partial charge in [-0.25, -0.2) is 0 Å². The molecule has 3 heteroatoms. The van der Waals surface area contributed by atoms with E-state index < -0.39 is 0 Å². The van der Waals surface area contributed by atoms with Gasteiger partial charge < -0.3 is 0 Å². The van der Waals surface area contributed by atoms with E-state index in [-0.39, 0.29) is 0 Å². The summed E-state index contributed by atoms with van der Waals surface area (Å²) in [5, 5.41) is 5.15. The number of nitrogens with zero attached hydrogens (tertiary/aromatic N) is 1. The second-order valence-corrected chi connectivity index (χ2v) is 2.22. The van der Waals surface area contributed by atoms with Crippen LogP contribution in [0.1, 0.15) is 0 Å². The van der Waals surface area contributed by atoms with Gasteiger partial charge in [0.2, 0.25) is 0 Å². The Kier molecular flexibility index (Phi) is 2.48. The van der Waals surface area contributed by atoms with Gasteiger partial charge in [-0.2, -0.15) is 4.40 Å². The summed E-state index contributed by atoms with van der Waals surface area (Å²) >= 11 is 0.954. The molecule has 0 radical (unpaired) electrons. The molecular formula is C7H8N2S. The predicted octanol–water partition coefficient (Wildman–Crippen LogP) is 1.63. The van der Waals surface area contributed by atoms with E-state index in [2.05, 4.69) is 11.0 Å². The Bertz CT molecular complexity index is 226. The molecule has 0 bridgehead atoms. The van der Waals surface area contributed by atoms with Crippen LogP contribution in [-0.2, 0) is 0 Å². The standard InChI is InChI=1S/C7H8N2S/c1-6-4-2-3-5-7(6)9-10-8/h2-5H,1,8H2. The molecule has 0 aromatic heterocycles. The Morgan fingerprint density at radius 3 is 2.70 bits per heavy atom. The first-order chi connectivity index (χ1) is 4.84. The van der Waals surface area contributed by atoms with Crippen LogP contribution in [0.4, 0.5) is 0 Å². The molecule has 2 N–H and O–H groups in total. The molecule has 0 saturated carbocycles. The van der Waals surface area contributed by atoms with Crippen LogP contribution < -0.4 is 5.14 Å². The number of nitrogens with two attached hydrogens (primary N) is 1. The van der Waals surface area contributed by atoms with Crippen molar-refractivity contribution in [2.24, 2.45) is 9.54 Å². The fraction of sp³-hybridized carbons (Fsp3) is 0. The van der Waals surface area contributed by atoms with E-state index >= 15 is 0 Å². The van der Waals surface area contributed by atoms with Gasteiger partial charge in [-0.1, -0.05) is 24.8 Å². The molecule has 0 aromatic rings. The maximum atomic E-state index is 5.15. The molecule has 0 amide bonds. The number of hydrogen-bond donors (Lipinski definition) is 1. The highest BCUT2D eigenvalue weighted by Crippen LogP contribution is 2.07. The molecule has 0 spiro atoms. The lowest BCUT2D eigenvalue weighted by Crippen LogP contribution is -1.97. The maximum absolute atomic E-state index is 5.15. The zero-order valence-electron chi connectivity index (χ0n) is 5.45. The van der Waals surface area contributed by atoms with Crippen molar-refractivity contribution in [3.63, 3.8) is 0 Å². The third-order valence-corrected chi connectivity index (χ3v) is 1.44. The Labute approximate surface area is 64.5 Å². The molecule has 0 heterocycles. The molecule has 0 atom stereocenters. The molecule has 1 aliphatic carbocycles. The Balaban J connectivity index is 2.80. The number of rotatable bonds is 1. The summed E-state index contributed by atoms with van der Waals surface area (Å²) in [6.07, 6.45) is 7.60. The molecular weight excluding hydrogens is 144 g/mol. The average Bonchev–Trinajstić information content (AvgIpc) is 1.94. The van der Waals surface area contributed by atoms with Crippen LogP contribution >= 0.6 is 12.1 Å². The Morgan fingerprint density at radius 2 is 2.10 bits per heavy atom. The predicted molar refractivity (Wildman–Crippen MR) is 46.6 cm³/mol. The third-order valence-electron chi connectivity index (χ3n) is 1.14. The van der Waals surface area contributed by atoms with Gasteiger partial charge in [0.1, 0.15) is 0 Å². The fourth-order valence-corrected chi connectivity index (χ4v) is 0.948. The van der Waals surface area contributed by atoms with Gasteiger partial charge in [0, 0.05) is 0 Å². The molecule has 10 heavy (non-hydrogen) atoms. The van der Waals surface area contributed by atoms with Crippen molar-refractivity contribution in [3.8, 4) is 0 Å². The smallest absolute Gasteiger partial charge is 0.0794 e. The summed E-state index contributed by atoms with van der Waals surface area (Å²) in [5.41, 5.74) is 1.75. The van der Waals surface area contributed by atoms with Crippen molar-refractivity contribution in [1.82, 2.24) is 0 Å². The molecule has 2 nitrogen and oxygen atoms in total. The van der Waals surface area contributed by atoms with E-state index in [0.29, 0.717) is 0 Å². The highest BCUT2D eigenvalue weighted by molar-refractivity contribution is 7.95. The van der Waals surface area contributed by atoms with E-state index in [0.717, 1.165) is 23.4 Å². The molecule has 0 aromatic carbocycles. The maximum Gasteiger partial charge on any atom is 0.0794 e. The van der Waals surface area contributed by atoms with Crippen LogP contribution in [0.3, 0.4) is 0 Å². The first-order valence-electron chi connectivity index (χ1n) is 2.82. The van der Waals surface area contributed by atoms with E-state index in [1.165, 1.54) is 0 Å². The summed E-state index contributed by atoms with van der Waals surface area (Å²) in [7, 11) is 0. The van der Waals surface area contributed by atoms with Crippen molar-refractivity contribution in [1.29, 1.82) is 0 Å². The van der Waals surface area contributed by atoms with Gasteiger partial charge in [-0.3, -0.25) is 5.14 Å². The van der Waals surface area contributed by atoms with Gasteiger partial charge in [0.15, 0.2) is 0 Å². The summed E-state index contributed by atoms with van der Waals surface area (Å²) in [6, 6.07) is 0. The molecule has 52 valence electrons. The van der Waals surface area contributed by atoms with Crippen molar-refractivity contribution in [2.45, 2.75) is 0 Å². The van der Waals surface area contributed by atoms with Gasteiger partial charge in [0.25, 0.3) is 0 Å². The zero-order valence-corrected chi connectivity index (χ0v) is 6.27. The number of hydrogen-bond acceptors (Lipinski definition) is 3. The fourth-order valence-electron chi connectivity index (χ4n) is 0.657. The van der Waals surface area contributed by atoms with Gasteiger partial charge in [-0.05, 0) is 11.6 Å². The topological polar surface area (TPSA) is 38.4 Å². The summed E-state index contributed by atoms with van der Waals surface area (Å²) in [6.45, 7) is 3.78. The SMILES string of the molecule is C=C1C=CC=CC1=NSN.